The maximum absolute atomic E-state index is 13.0. The van der Waals surface area contributed by atoms with Gasteiger partial charge >= 0.3 is 6.03 Å². The first-order chi connectivity index (χ1) is 16.3. The van der Waals surface area contributed by atoms with Crippen LogP contribution in [0.15, 0.2) is 60.1 Å². The second kappa shape index (κ2) is 13.6. The molecule has 0 aromatic rings. The molecule has 1 fully saturated rings. The summed E-state index contributed by atoms with van der Waals surface area (Å²) in [5.74, 6) is -0.0669. The largest absolute Gasteiger partial charge is 0.535 e. The van der Waals surface area contributed by atoms with Crippen LogP contribution in [0.1, 0.15) is 66.2 Å². The van der Waals surface area contributed by atoms with Gasteiger partial charge in [0.15, 0.2) is 11.4 Å². The van der Waals surface area contributed by atoms with Crippen molar-refractivity contribution in [3.63, 3.8) is 0 Å². The number of allylic oxidation sites excluding steroid dienone is 6. The van der Waals surface area contributed by atoms with Crippen LogP contribution in [-0.4, -0.2) is 51.4 Å². The highest BCUT2D eigenvalue weighted by Crippen LogP contribution is 2.25. The molecule has 0 aromatic carbocycles. The van der Waals surface area contributed by atoms with E-state index in [9.17, 15) is 10.0 Å². The van der Waals surface area contributed by atoms with Crippen LogP contribution in [0.25, 0.3) is 0 Å². The zero-order valence-electron chi connectivity index (χ0n) is 21.2. The van der Waals surface area contributed by atoms with E-state index in [1.54, 1.807) is 18.2 Å². The third kappa shape index (κ3) is 7.47. The molecule has 1 heterocycles. The van der Waals surface area contributed by atoms with Gasteiger partial charge in [0, 0.05) is 36.8 Å². The van der Waals surface area contributed by atoms with E-state index in [0.29, 0.717) is 33.5 Å². The molecule has 2 amide bonds. The topological polar surface area (TPSA) is 91.5 Å². The minimum Gasteiger partial charge on any atom is -0.388 e. The second-order valence-corrected chi connectivity index (χ2v) is 9.15. The van der Waals surface area contributed by atoms with Crippen LogP contribution in [-0.2, 0) is 0 Å². The van der Waals surface area contributed by atoms with E-state index in [1.165, 1.54) is 0 Å². The Morgan fingerprint density at radius 3 is 2.44 bits per heavy atom. The summed E-state index contributed by atoms with van der Waals surface area (Å²) in [6, 6.07) is -0.275. The number of urea groups is 1. The van der Waals surface area contributed by atoms with Gasteiger partial charge in [0.25, 0.3) is 0 Å². The molecule has 2 rings (SSSR count). The van der Waals surface area contributed by atoms with Crippen molar-refractivity contribution in [1.29, 1.82) is 5.41 Å². The van der Waals surface area contributed by atoms with E-state index >= 15 is 0 Å². The molecule has 0 bridgehead atoms. The monoisotopic (exact) mass is 468 g/mol. The maximum Gasteiger partial charge on any atom is 0.535 e. The number of hydrogen-bond acceptors (Lipinski definition) is 5. The Bertz CT molecular complexity index is 896. The van der Waals surface area contributed by atoms with Crippen LogP contribution < -0.4 is 10.6 Å². The van der Waals surface area contributed by atoms with Gasteiger partial charge in [-0.25, -0.2) is 0 Å². The number of rotatable bonds is 11. The van der Waals surface area contributed by atoms with E-state index in [-0.39, 0.29) is 5.92 Å². The molecule has 1 saturated heterocycles. The van der Waals surface area contributed by atoms with Crippen LogP contribution in [0.5, 0.6) is 0 Å². The lowest BCUT2D eigenvalue weighted by molar-refractivity contribution is -0.700. The SMILES string of the molecule is C=C/C=C\C(C(C)C)=[N+](\O)C(=O)NC1=C/C(=C/NC(CCC)CCC)C(=N)C=C1N1CCCC1. The first-order valence-electron chi connectivity index (χ1n) is 12.5. The second-order valence-electron chi connectivity index (χ2n) is 9.15. The van der Waals surface area contributed by atoms with Gasteiger partial charge in [0.1, 0.15) is 0 Å². The number of amides is 2. The molecule has 0 atom stereocenters. The fourth-order valence-electron chi connectivity index (χ4n) is 4.22. The van der Waals surface area contributed by atoms with Crippen molar-refractivity contribution >= 4 is 17.5 Å². The van der Waals surface area contributed by atoms with E-state index in [4.69, 9.17) is 5.41 Å². The Kier molecular flexibility index (Phi) is 10.8. The fourth-order valence-corrected chi connectivity index (χ4v) is 4.22. The molecular formula is C27H42N5O2+. The summed E-state index contributed by atoms with van der Waals surface area (Å²) in [6.45, 7) is 13.6. The zero-order valence-corrected chi connectivity index (χ0v) is 21.2. The summed E-state index contributed by atoms with van der Waals surface area (Å²) in [5, 5.41) is 25.6. The lowest BCUT2D eigenvalue weighted by Crippen LogP contribution is -2.39. The van der Waals surface area contributed by atoms with Crippen LogP contribution in [0, 0.1) is 11.3 Å². The number of carbonyl (C=O) groups excluding carboxylic acids is 1. The summed E-state index contributed by atoms with van der Waals surface area (Å²) in [4.78, 5) is 15.2. The number of hydroxylamine groups is 1. The van der Waals surface area contributed by atoms with Crippen LogP contribution in [0.2, 0.25) is 0 Å². The first kappa shape index (κ1) is 27.2. The highest BCUT2D eigenvalue weighted by Gasteiger charge is 2.30. The Labute approximate surface area is 204 Å². The Morgan fingerprint density at radius 2 is 1.88 bits per heavy atom. The molecule has 1 aliphatic heterocycles. The van der Waals surface area contributed by atoms with E-state index in [2.05, 4.69) is 36.0 Å². The van der Waals surface area contributed by atoms with Crippen molar-refractivity contribution in [1.82, 2.24) is 15.5 Å². The Hall–Kier alpha value is -3.09. The van der Waals surface area contributed by atoms with Gasteiger partial charge in [0.05, 0.1) is 11.4 Å². The van der Waals surface area contributed by atoms with Gasteiger partial charge in [-0.1, -0.05) is 59.3 Å². The molecule has 34 heavy (non-hydrogen) atoms. The minimum atomic E-state index is -0.635. The van der Waals surface area contributed by atoms with Crippen molar-refractivity contribution in [2.75, 3.05) is 13.1 Å². The normalized spacial score (nSPS) is 18.5. The fraction of sp³-hybridized carbons (Fsp3) is 0.519. The molecule has 1 aliphatic carbocycles. The van der Waals surface area contributed by atoms with E-state index < -0.39 is 6.03 Å². The van der Waals surface area contributed by atoms with Gasteiger partial charge < -0.3 is 20.8 Å². The van der Waals surface area contributed by atoms with Crippen LogP contribution in [0.3, 0.4) is 0 Å². The summed E-state index contributed by atoms with van der Waals surface area (Å²) in [7, 11) is 0. The molecule has 2 aliphatic rings. The molecule has 186 valence electrons. The highest BCUT2D eigenvalue weighted by atomic mass is 16.5. The number of hydrogen-bond donors (Lipinski definition) is 4. The summed E-state index contributed by atoms with van der Waals surface area (Å²) < 4.78 is 0.660. The lowest BCUT2D eigenvalue weighted by Gasteiger charge is -2.25. The predicted octanol–water partition coefficient (Wildman–Crippen LogP) is 5.28. The molecule has 0 saturated carbocycles. The van der Waals surface area contributed by atoms with Gasteiger partial charge in [-0.15, -0.1) is 0 Å². The smallest absolute Gasteiger partial charge is 0.388 e. The van der Waals surface area contributed by atoms with Crippen molar-refractivity contribution in [2.24, 2.45) is 5.92 Å². The molecule has 0 spiro atoms. The molecule has 7 heteroatoms. The molecule has 0 unspecified atom stereocenters. The molecule has 0 aromatic heterocycles. The van der Waals surface area contributed by atoms with E-state index in [0.717, 1.165) is 57.3 Å². The number of carbonyl (C=O) groups is 1. The summed E-state index contributed by atoms with van der Waals surface area (Å²) in [6.07, 6.45) is 17.0. The Morgan fingerprint density at radius 1 is 1.24 bits per heavy atom. The minimum absolute atomic E-state index is 0.0669. The quantitative estimate of drug-likeness (QED) is 0.0829. The van der Waals surface area contributed by atoms with Crippen molar-refractivity contribution in [3.05, 3.63) is 60.1 Å². The van der Waals surface area contributed by atoms with Gasteiger partial charge in [0.2, 0.25) is 0 Å². The third-order valence-electron chi connectivity index (χ3n) is 6.04. The van der Waals surface area contributed by atoms with Crippen LogP contribution >= 0.6 is 0 Å². The highest BCUT2D eigenvalue weighted by molar-refractivity contribution is 6.10. The molecule has 0 radical (unpaired) electrons. The van der Waals surface area contributed by atoms with Crippen molar-refractivity contribution < 1.29 is 14.7 Å². The van der Waals surface area contributed by atoms with Crippen LogP contribution in [0.4, 0.5) is 4.79 Å². The number of nitrogens with one attached hydrogen (secondary N) is 3. The van der Waals surface area contributed by atoms with Gasteiger partial charge in [-0.2, -0.15) is 10.1 Å². The summed E-state index contributed by atoms with van der Waals surface area (Å²) >= 11 is 0. The van der Waals surface area contributed by atoms with Gasteiger partial charge in [-0.3, -0.25) is 0 Å². The zero-order chi connectivity index (χ0) is 25.1. The number of likely N-dealkylation sites (tertiary alicyclic amines) is 1. The number of nitrogens with zero attached hydrogens (tertiary/aromatic N) is 2. The average molecular weight is 469 g/mol. The molecular weight excluding hydrogens is 426 g/mol. The van der Waals surface area contributed by atoms with Crippen molar-refractivity contribution in [2.45, 2.75) is 72.3 Å². The predicted molar refractivity (Wildman–Crippen MR) is 139 cm³/mol. The lowest BCUT2D eigenvalue weighted by atomic mass is 10.0. The maximum atomic E-state index is 13.0. The molecule has 4 N–H and O–H groups in total. The van der Waals surface area contributed by atoms with Crippen molar-refractivity contribution in [3.8, 4) is 0 Å². The first-order valence-corrected chi connectivity index (χ1v) is 12.5. The standard InChI is InChI=1S/C27H41N5O2/c1-6-9-14-25(20(4)5)32(34)27(33)30-24-17-21(19-29-22(12-7-2)13-8-3)23(28)18-26(24)31-15-10-11-16-31/h6,9,14,17-20,22H,1,7-8,10-13,15-16H2,2-5H3,(H3-,28,29,30,33,34)/p+1/b14-9-,32-25-. The summed E-state index contributed by atoms with van der Waals surface area (Å²) in [5.41, 5.74) is 2.98. The molecule has 7 nitrogen and oxygen atoms in total. The van der Waals surface area contributed by atoms with E-state index in [1.807, 2.05) is 32.2 Å². The Balaban J connectivity index is 2.37. The van der Waals surface area contributed by atoms with Gasteiger partial charge in [-0.05, 0) is 48.7 Å². The third-order valence-corrected chi connectivity index (χ3v) is 6.04. The average Bonchev–Trinajstić information content (AvgIpc) is 3.33.